The zero-order valence-corrected chi connectivity index (χ0v) is 28.2. The number of rotatable bonds is 3. The van der Waals surface area contributed by atoms with Gasteiger partial charge in [0.2, 0.25) is 5.91 Å². The van der Waals surface area contributed by atoms with Gasteiger partial charge in [0.15, 0.2) is 0 Å². The molecule has 2 amide bonds. The van der Waals surface area contributed by atoms with E-state index in [-0.39, 0.29) is 25.0 Å². The van der Waals surface area contributed by atoms with E-state index in [1.807, 2.05) is 47.0 Å². The average molecular weight is 620 g/mol. The Kier molecular flexibility index (Phi) is 10.0. The second-order valence-electron chi connectivity index (χ2n) is 14.3. The Bertz CT molecular complexity index is 1430. The maximum Gasteiger partial charge on any atom is 0.407 e. The molecule has 0 radical (unpaired) electrons. The van der Waals surface area contributed by atoms with Crippen LogP contribution in [0.2, 0.25) is 0 Å². The van der Waals surface area contributed by atoms with Gasteiger partial charge in [-0.2, -0.15) is 0 Å². The van der Waals surface area contributed by atoms with Crippen molar-refractivity contribution in [3.63, 3.8) is 0 Å². The van der Waals surface area contributed by atoms with Gasteiger partial charge in [0, 0.05) is 33.3 Å². The van der Waals surface area contributed by atoms with Crippen LogP contribution in [0.3, 0.4) is 0 Å². The van der Waals surface area contributed by atoms with Crippen LogP contribution >= 0.6 is 0 Å². The highest BCUT2D eigenvalue weighted by atomic mass is 16.5. The molecule has 3 heterocycles. The van der Waals surface area contributed by atoms with Crippen molar-refractivity contribution in [1.82, 2.24) is 10.2 Å². The van der Waals surface area contributed by atoms with Crippen LogP contribution in [0.4, 0.5) is 10.5 Å². The van der Waals surface area contributed by atoms with Crippen molar-refractivity contribution < 1.29 is 28.6 Å². The van der Waals surface area contributed by atoms with E-state index < -0.39 is 41.1 Å². The zero-order chi connectivity index (χ0) is 33.2. The summed E-state index contributed by atoms with van der Waals surface area (Å²) in [6.45, 7) is 10.0. The Morgan fingerprint density at radius 1 is 1.07 bits per heavy atom. The molecule has 0 saturated carbocycles. The first kappa shape index (κ1) is 34.0. The second kappa shape index (κ2) is 13.3. The number of fused-ring (bicyclic) bond motifs is 11. The van der Waals surface area contributed by atoms with Crippen molar-refractivity contribution >= 4 is 29.7 Å². The van der Waals surface area contributed by atoms with Crippen molar-refractivity contribution in [2.75, 3.05) is 46.4 Å². The normalized spacial score (nSPS) is 24.7. The third-order valence-electron chi connectivity index (χ3n) is 9.00. The van der Waals surface area contributed by atoms with E-state index >= 15 is 0 Å². The predicted molar refractivity (Wildman–Crippen MR) is 177 cm³/mol. The van der Waals surface area contributed by atoms with Crippen molar-refractivity contribution in [2.24, 2.45) is 10.8 Å². The number of nitrogens with one attached hydrogen (secondary N) is 1. The van der Waals surface area contributed by atoms with Crippen LogP contribution in [-0.2, 0) is 29.4 Å². The van der Waals surface area contributed by atoms with E-state index in [9.17, 15) is 14.4 Å². The molecule has 244 valence electrons. The van der Waals surface area contributed by atoms with E-state index in [0.717, 1.165) is 40.8 Å². The highest BCUT2D eigenvalue weighted by Gasteiger charge is 2.53. The SMILES string of the molecule is COC(=O)[C@@H]1C[C@]2(OC)CN1C(=O)[C@H](C(C)(C)C)NC(=O)OCC(C)(C)CC/C=C/c1cc(N(C)C)ccc1-c1ccc2cc1. The summed E-state index contributed by atoms with van der Waals surface area (Å²) in [4.78, 5) is 44.0. The van der Waals surface area contributed by atoms with Gasteiger partial charge in [-0.3, -0.25) is 4.79 Å². The molecular weight excluding hydrogens is 570 g/mol. The molecule has 3 atom stereocenters. The highest BCUT2D eigenvalue weighted by molar-refractivity contribution is 5.91. The number of amides is 2. The lowest BCUT2D eigenvalue weighted by atomic mass is 9.85. The minimum absolute atomic E-state index is 0.114. The molecule has 9 nitrogen and oxygen atoms in total. The Morgan fingerprint density at radius 3 is 2.36 bits per heavy atom. The summed E-state index contributed by atoms with van der Waals surface area (Å²) in [5.74, 6) is -0.929. The molecule has 1 fully saturated rings. The molecule has 3 aliphatic rings. The molecule has 45 heavy (non-hydrogen) atoms. The Hall–Kier alpha value is -3.85. The number of nitrogens with zero attached hydrogens (tertiary/aromatic N) is 2. The molecule has 0 unspecified atom stereocenters. The van der Waals surface area contributed by atoms with Gasteiger partial charge in [-0.05, 0) is 58.1 Å². The number of allylic oxidation sites excluding steroid dienone is 1. The number of benzene rings is 2. The van der Waals surface area contributed by atoms with E-state index in [0.29, 0.717) is 0 Å². The fraction of sp³-hybridized carbons (Fsp3) is 0.528. The van der Waals surface area contributed by atoms with Crippen LogP contribution < -0.4 is 10.2 Å². The number of anilines is 1. The molecule has 5 rings (SSSR count). The lowest BCUT2D eigenvalue weighted by Crippen LogP contribution is -2.57. The molecule has 1 N–H and O–H groups in total. The van der Waals surface area contributed by atoms with Gasteiger partial charge in [-0.25, -0.2) is 9.59 Å². The van der Waals surface area contributed by atoms with E-state index in [1.54, 1.807) is 7.11 Å². The van der Waals surface area contributed by atoms with Gasteiger partial charge in [-0.1, -0.05) is 77.1 Å². The van der Waals surface area contributed by atoms with Crippen LogP contribution in [0.25, 0.3) is 17.2 Å². The maximum absolute atomic E-state index is 14.2. The summed E-state index contributed by atoms with van der Waals surface area (Å²) >= 11 is 0. The largest absolute Gasteiger partial charge is 0.467 e. The lowest BCUT2D eigenvalue weighted by Gasteiger charge is -2.35. The molecular formula is C36H49N3O6. The quantitative estimate of drug-likeness (QED) is 0.421. The third kappa shape index (κ3) is 7.52. The van der Waals surface area contributed by atoms with Crippen LogP contribution in [0.15, 0.2) is 48.5 Å². The van der Waals surface area contributed by atoms with Gasteiger partial charge in [0.25, 0.3) is 0 Å². The number of methoxy groups -OCH3 is 2. The number of alkyl carbamates (subject to hydrolysis) is 1. The average Bonchev–Trinajstić information content (AvgIpc) is 3.41. The van der Waals surface area contributed by atoms with E-state index in [2.05, 4.69) is 66.5 Å². The molecule has 0 spiro atoms. The maximum atomic E-state index is 14.2. The van der Waals surface area contributed by atoms with E-state index in [4.69, 9.17) is 14.2 Å². The first-order valence-electron chi connectivity index (χ1n) is 15.6. The highest BCUT2D eigenvalue weighted by Crippen LogP contribution is 2.41. The standard InChI is InChI=1S/C36H49N3O6/c1-34(2,3)30-31(40)39-22-36(44-9,21-29(39)32(41)43-8)26-15-13-24(14-16-26)28-18-17-27(38(6)7)20-25(28)12-10-11-19-35(4,5)23-45-33(42)37-30/h10,12-18,20,29-30H,11,19,21-23H2,1-9H3,(H,37,42)/b12-10+/t29-,30+,36-/m0/s1. The fourth-order valence-corrected chi connectivity index (χ4v) is 6.10. The minimum atomic E-state index is -0.960. The third-order valence-corrected chi connectivity index (χ3v) is 9.00. The molecule has 0 aliphatic carbocycles. The fourth-order valence-electron chi connectivity index (χ4n) is 6.10. The smallest absolute Gasteiger partial charge is 0.407 e. The summed E-state index contributed by atoms with van der Waals surface area (Å²) in [5.41, 5.74) is 3.24. The van der Waals surface area contributed by atoms with Gasteiger partial charge in [-0.15, -0.1) is 0 Å². The van der Waals surface area contributed by atoms with Crippen LogP contribution in [0, 0.1) is 10.8 Å². The molecule has 9 heteroatoms. The van der Waals surface area contributed by atoms with Gasteiger partial charge in [0.05, 0.1) is 20.3 Å². The van der Waals surface area contributed by atoms with Crippen molar-refractivity contribution in [1.29, 1.82) is 0 Å². The predicted octanol–water partition coefficient (Wildman–Crippen LogP) is 6.01. The van der Waals surface area contributed by atoms with E-state index in [1.165, 1.54) is 12.0 Å². The number of hydrogen-bond donors (Lipinski definition) is 1. The van der Waals surface area contributed by atoms with Crippen LogP contribution in [0.1, 0.15) is 65.0 Å². The monoisotopic (exact) mass is 619 g/mol. The molecule has 1 saturated heterocycles. The Balaban J connectivity index is 1.83. The van der Waals surface area contributed by atoms with Gasteiger partial charge >= 0.3 is 12.1 Å². The molecule has 0 aromatic heterocycles. The first-order chi connectivity index (χ1) is 21.1. The molecule has 3 aliphatic heterocycles. The van der Waals surface area contributed by atoms with Crippen molar-refractivity contribution in [3.05, 3.63) is 59.7 Å². The van der Waals surface area contributed by atoms with Gasteiger partial charge < -0.3 is 29.3 Å². The summed E-state index contributed by atoms with van der Waals surface area (Å²) in [6, 6.07) is 12.7. The summed E-state index contributed by atoms with van der Waals surface area (Å²) in [5, 5.41) is 2.81. The number of ether oxygens (including phenoxy) is 3. The Labute approximate surface area is 267 Å². The lowest BCUT2D eigenvalue weighted by molar-refractivity contribution is -0.152. The second-order valence-corrected chi connectivity index (χ2v) is 14.3. The molecule has 4 bridgehead atoms. The topological polar surface area (TPSA) is 97.4 Å². The van der Waals surface area contributed by atoms with Crippen LogP contribution in [0.5, 0.6) is 0 Å². The summed E-state index contributed by atoms with van der Waals surface area (Å²) in [7, 11) is 6.95. The number of carbonyl (C=O) groups excluding carboxylic acids is 3. The van der Waals surface area contributed by atoms with Crippen LogP contribution in [-0.4, -0.2) is 76.4 Å². The number of esters is 1. The van der Waals surface area contributed by atoms with Crippen molar-refractivity contribution in [3.8, 4) is 11.1 Å². The van der Waals surface area contributed by atoms with Gasteiger partial charge in [0.1, 0.15) is 17.7 Å². The molecule has 2 aromatic rings. The summed E-state index contributed by atoms with van der Waals surface area (Å²) < 4.78 is 17.0. The minimum Gasteiger partial charge on any atom is -0.467 e. The Morgan fingerprint density at radius 2 is 1.76 bits per heavy atom. The number of carbonyl (C=O) groups is 3. The van der Waals surface area contributed by atoms with Crippen molar-refractivity contribution in [2.45, 2.75) is 71.6 Å². The molecule has 2 aromatic carbocycles. The number of hydrogen-bond acceptors (Lipinski definition) is 7. The zero-order valence-electron chi connectivity index (χ0n) is 28.2. The summed E-state index contributed by atoms with van der Waals surface area (Å²) in [6.07, 6.45) is 5.46. The first-order valence-corrected chi connectivity index (χ1v) is 15.6.